The van der Waals surface area contributed by atoms with Gasteiger partial charge >= 0.3 is 0 Å². The van der Waals surface area contributed by atoms with Gasteiger partial charge in [-0.1, -0.05) is 0 Å². The largest absolute Gasteiger partial charge is 0.327 e. The van der Waals surface area contributed by atoms with E-state index in [4.69, 9.17) is 5.73 Å². The highest BCUT2D eigenvalue weighted by Crippen LogP contribution is 2.33. The van der Waals surface area contributed by atoms with Crippen molar-refractivity contribution in [3.63, 3.8) is 0 Å². The maximum Gasteiger partial charge on any atom is 0.225 e. The topological polar surface area (TPSA) is 55.1 Å². The van der Waals surface area contributed by atoms with Crippen LogP contribution in [0.3, 0.4) is 0 Å². The van der Waals surface area contributed by atoms with E-state index in [0.29, 0.717) is 22.5 Å². The molecule has 5 heteroatoms. The molecule has 0 saturated heterocycles. The van der Waals surface area contributed by atoms with Gasteiger partial charge in [0.2, 0.25) is 5.91 Å². The van der Waals surface area contributed by atoms with E-state index in [0.717, 1.165) is 12.8 Å². The smallest absolute Gasteiger partial charge is 0.225 e. The molecule has 1 atom stereocenters. The van der Waals surface area contributed by atoms with E-state index in [1.165, 1.54) is 18.2 Å². The van der Waals surface area contributed by atoms with Gasteiger partial charge in [0.1, 0.15) is 5.82 Å². The van der Waals surface area contributed by atoms with Crippen molar-refractivity contribution in [1.29, 1.82) is 0 Å². The lowest BCUT2D eigenvalue weighted by atomic mass is 10.1. The molecule has 1 aliphatic rings. The standard InChI is InChI=1S/C12H14BrFN2O/c13-9-5-8(14)3-4-11(9)16-12(17)6-10(15)7-1-2-7/h3-5,7,10H,1-2,6,15H2,(H,16,17). The maximum absolute atomic E-state index is 12.8. The summed E-state index contributed by atoms with van der Waals surface area (Å²) in [4.78, 5) is 11.7. The molecule has 0 aliphatic heterocycles. The van der Waals surface area contributed by atoms with Crippen molar-refractivity contribution < 1.29 is 9.18 Å². The Morgan fingerprint density at radius 1 is 1.59 bits per heavy atom. The molecule has 1 aromatic rings. The molecule has 0 heterocycles. The van der Waals surface area contributed by atoms with Crippen molar-refractivity contribution >= 4 is 27.5 Å². The van der Waals surface area contributed by atoms with Crippen LogP contribution in [0.1, 0.15) is 19.3 Å². The quantitative estimate of drug-likeness (QED) is 0.898. The first-order chi connectivity index (χ1) is 8.06. The van der Waals surface area contributed by atoms with E-state index >= 15 is 0 Å². The summed E-state index contributed by atoms with van der Waals surface area (Å²) in [6, 6.07) is 4.09. The Kier molecular flexibility index (Phi) is 3.79. The Bertz CT molecular complexity index is 435. The lowest BCUT2D eigenvalue weighted by Crippen LogP contribution is -2.28. The molecule has 92 valence electrons. The van der Waals surface area contributed by atoms with Crippen LogP contribution in [-0.4, -0.2) is 11.9 Å². The average molecular weight is 301 g/mol. The predicted octanol–water partition coefficient (Wildman–Crippen LogP) is 2.65. The Morgan fingerprint density at radius 3 is 2.88 bits per heavy atom. The van der Waals surface area contributed by atoms with Crippen molar-refractivity contribution in [1.82, 2.24) is 0 Å². The van der Waals surface area contributed by atoms with Crippen molar-refractivity contribution in [2.45, 2.75) is 25.3 Å². The van der Waals surface area contributed by atoms with Crippen LogP contribution in [0.4, 0.5) is 10.1 Å². The number of nitrogens with two attached hydrogens (primary N) is 1. The van der Waals surface area contributed by atoms with E-state index in [9.17, 15) is 9.18 Å². The summed E-state index contributed by atoms with van der Waals surface area (Å²) in [5.74, 6) is 0.0265. The van der Waals surface area contributed by atoms with Gasteiger partial charge in [-0.2, -0.15) is 0 Å². The second kappa shape index (κ2) is 5.14. The van der Waals surface area contributed by atoms with Gasteiger partial charge in [-0.3, -0.25) is 4.79 Å². The summed E-state index contributed by atoms with van der Waals surface area (Å²) < 4.78 is 13.4. The van der Waals surface area contributed by atoms with Gasteiger partial charge in [0, 0.05) is 16.9 Å². The fraction of sp³-hybridized carbons (Fsp3) is 0.417. The average Bonchev–Trinajstić information content (AvgIpc) is 3.05. The van der Waals surface area contributed by atoms with Crippen LogP contribution in [0.5, 0.6) is 0 Å². The van der Waals surface area contributed by atoms with Crippen LogP contribution >= 0.6 is 15.9 Å². The highest BCUT2D eigenvalue weighted by molar-refractivity contribution is 9.10. The van der Waals surface area contributed by atoms with Crippen LogP contribution < -0.4 is 11.1 Å². The van der Waals surface area contributed by atoms with Crippen molar-refractivity contribution in [3.8, 4) is 0 Å². The van der Waals surface area contributed by atoms with E-state index < -0.39 is 0 Å². The Labute approximate surface area is 108 Å². The van der Waals surface area contributed by atoms with Gasteiger partial charge in [-0.05, 0) is 52.9 Å². The van der Waals surface area contributed by atoms with Crippen LogP contribution in [0.15, 0.2) is 22.7 Å². The number of carbonyl (C=O) groups is 1. The third-order valence-corrected chi connectivity index (χ3v) is 3.51. The summed E-state index contributed by atoms with van der Waals surface area (Å²) >= 11 is 3.20. The fourth-order valence-electron chi connectivity index (χ4n) is 1.70. The number of amides is 1. The molecule has 0 radical (unpaired) electrons. The Morgan fingerprint density at radius 2 is 2.29 bits per heavy atom. The van der Waals surface area contributed by atoms with Gasteiger partial charge in [-0.25, -0.2) is 4.39 Å². The first-order valence-electron chi connectivity index (χ1n) is 5.57. The molecule has 1 aromatic carbocycles. The van der Waals surface area contributed by atoms with Crippen LogP contribution in [0.25, 0.3) is 0 Å². The van der Waals surface area contributed by atoms with Gasteiger partial charge in [0.15, 0.2) is 0 Å². The second-order valence-electron chi connectivity index (χ2n) is 4.38. The van der Waals surface area contributed by atoms with Crippen molar-refractivity contribution in [3.05, 3.63) is 28.5 Å². The van der Waals surface area contributed by atoms with Crippen LogP contribution in [-0.2, 0) is 4.79 Å². The zero-order chi connectivity index (χ0) is 12.4. The molecule has 1 saturated carbocycles. The Balaban J connectivity index is 1.92. The minimum absolute atomic E-state index is 0.0609. The van der Waals surface area contributed by atoms with E-state index in [1.54, 1.807) is 0 Å². The molecular weight excluding hydrogens is 287 g/mol. The third-order valence-electron chi connectivity index (χ3n) is 2.85. The number of hydrogen-bond acceptors (Lipinski definition) is 2. The van der Waals surface area contributed by atoms with Crippen molar-refractivity contribution in [2.24, 2.45) is 11.7 Å². The second-order valence-corrected chi connectivity index (χ2v) is 5.23. The van der Waals surface area contributed by atoms with Crippen LogP contribution in [0, 0.1) is 11.7 Å². The molecule has 3 nitrogen and oxygen atoms in total. The van der Waals surface area contributed by atoms with Gasteiger partial charge < -0.3 is 11.1 Å². The molecule has 17 heavy (non-hydrogen) atoms. The van der Waals surface area contributed by atoms with E-state index in [-0.39, 0.29) is 17.8 Å². The summed E-state index contributed by atoms with van der Waals surface area (Å²) in [5.41, 5.74) is 6.43. The SMILES string of the molecule is NC(CC(=O)Nc1ccc(F)cc1Br)C1CC1. The number of anilines is 1. The fourth-order valence-corrected chi connectivity index (χ4v) is 2.15. The molecule has 1 amide bonds. The maximum atomic E-state index is 12.8. The zero-order valence-electron chi connectivity index (χ0n) is 9.25. The molecule has 1 aliphatic carbocycles. The molecule has 0 spiro atoms. The molecule has 0 aromatic heterocycles. The van der Waals surface area contributed by atoms with Gasteiger partial charge in [0.05, 0.1) is 5.69 Å². The molecule has 3 N–H and O–H groups in total. The molecule has 2 rings (SSSR count). The highest BCUT2D eigenvalue weighted by atomic mass is 79.9. The number of rotatable bonds is 4. The number of hydrogen-bond donors (Lipinski definition) is 2. The van der Waals surface area contributed by atoms with Crippen molar-refractivity contribution in [2.75, 3.05) is 5.32 Å². The number of carbonyl (C=O) groups excluding carboxylic acids is 1. The predicted molar refractivity (Wildman–Crippen MR) is 68.0 cm³/mol. The summed E-state index contributed by atoms with van der Waals surface area (Å²) in [6.07, 6.45) is 2.55. The minimum Gasteiger partial charge on any atom is -0.327 e. The van der Waals surface area contributed by atoms with Gasteiger partial charge in [0.25, 0.3) is 0 Å². The molecule has 1 fully saturated rings. The summed E-state index contributed by atoms with van der Waals surface area (Å²) in [7, 11) is 0. The number of benzene rings is 1. The Hall–Kier alpha value is -0.940. The number of nitrogens with one attached hydrogen (secondary N) is 1. The molecular formula is C12H14BrFN2O. The minimum atomic E-state index is -0.343. The zero-order valence-corrected chi connectivity index (χ0v) is 10.8. The summed E-state index contributed by atoms with van der Waals surface area (Å²) in [6.45, 7) is 0. The third kappa shape index (κ3) is 3.51. The van der Waals surface area contributed by atoms with E-state index in [1.807, 2.05) is 0 Å². The van der Waals surface area contributed by atoms with E-state index in [2.05, 4.69) is 21.2 Å². The first kappa shape index (κ1) is 12.5. The lowest BCUT2D eigenvalue weighted by Gasteiger charge is -2.11. The normalized spacial score (nSPS) is 16.6. The lowest BCUT2D eigenvalue weighted by molar-refractivity contribution is -0.116. The van der Waals surface area contributed by atoms with Crippen LogP contribution in [0.2, 0.25) is 0 Å². The van der Waals surface area contributed by atoms with Gasteiger partial charge in [-0.15, -0.1) is 0 Å². The first-order valence-corrected chi connectivity index (χ1v) is 6.36. The highest BCUT2D eigenvalue weighted by Gasteiger charge is 2.29. The molecule has 1 unspecified atom stereocenters. The summed E-state index contributed by atoms with van der Waals surface area (Å²) in [5, 5.41) is 2.72. The number of halogens is 2. The monoisotopic (exact) mass is 300 g/mol. The molecule has 0 bridgehead atoms.